The molecule has 1 rings (SSSR count). The lowest BCUT2D eigenvalue weighted by atomic mass is 9.98. The fourth-order valence-corrected chi connectivity index (χ4v) is 2.16. The molecule has 0 aliphatic heterocycles. The van der Waals surface area contributed by atoms with Gasteiger partial charge in [0.25, 0.3) is 0 Å². The maximum Gasteiger partial charge on any atom is 0.411 e. The van der Waals surface area contributed by atoms with E-state index in [1.54, 1.807) is 0 Å². The summed E-state index contributed by atoms with van der Waals surface area (Å²) >= 11 is 0. The summed E-state index contributed by atoms with van der Waals surface area (Å²) in [5, 5.41) is 12.6. The van der Waals surface area contributed by atoms with Gasteiger partial charge in [-0.15, -0.1) is 0 Å². The first kappa shape index (κ1) is 16.2. The zero-order chi connectivity index (χ0) is 14.4. The van der Waals surface area contributed by atoms with Gasteiger partial charge in [-0.25, -0.2) is 0 Å². The number of carbonyl (C=O) groups excluding carboxylic acids is 1. The van der Waals surface area contributed by atoms with E-state index in [4.69, 9.17) is 0 Å². The maximum atomic E-state index is 11.7. The Balaban J connectivity index is 2.01. The lowest BCUT2D eigenvalue weighted by Gasteiger charge is -2.21. The van der Waals surface area contributed by atoms with Crippen LogP contribution in [0.25, 0.3) is 0 Å². The van der Waals surface area contributed by atoms with Crippen molar-refractivity contribution in [3.8, 4) is 0 Å². The van der Waals surface area contributed by atoms with E-state index in [1.165, 1.54) is 0 Å². The molecular weight excluding hydrogens is 263 g/mol. The highest BCUT2D eigenvalue weighted by Crippen LogP contribution is 2.32. The van der Waals surface area contributed by atoms with Crippen LogP contribution < -0.4 is 5.32 Å². The number of amides is 1. The van der Waals surface area contributed by atoms with E-state index in [0.717, 1.165) is 12.8 Å². The van der Waals surface area contributed by atoms with Gasteiger partial charge in [-0.2, -0.15) is 13.2 Å². The SMILES string of the molecule is O=C(CC1(O)CCCC1)NCCCOCC(F)(F)F. The fraction of sp³-hybridized carbons (Fsp3) is 0.917. The lowest BCUT2D eigenvalue weighted by molar-refractivity contribution is -0.174. The quantitative estimate of drug-likeness (QED) is 0.700. The minimum atomic E-state index is -4.31. The molecule has 1 saturated carbocycles. The van der Waals surface area contributed by atoms with Crippen LogP contribution in [0.1, 0.15) is 38.5 Å². The van der Waals surface area contributed by atoms with Gasteiger partial charge in [0.2, 0.25) is 5.91 Å². The van der Waals surface area contributed by atoms with E-state index >= 15 is 0 Å². The summed E-state index contributed by atoms with van der Waals surface area (Å²) in [5.41, 5.74) is -0.892. The Kier molecular flexibility index (Phi) is 6.06. The third kappa shape index (κ3) is 7.37. The Morgan fingerprint density at radius 2 is 1.95 bits per heavy atom. The fourth-order valence-electron chi connectivity index (χ4n) is 2.16. The van der Waals surface area contributed by atoms with Crippen molar-refractivity contribution in [2.45, 2.75) is 50.3 Å². The Morgan fingerprint density at radius 1 is 1.32 bits per heavy atom. The highest BCUT2D eigenvalue weighted by molar-refractivity contribution is 5.77. The van der Waals surface area contributed by atoms with Crippen molar-refractivity contribution in [2.75, 3.05) is 19.8 Å². The Hall–Kier alpha value is -0.820. The molecule has 0 aromatic heterocycles. The minimum Gasteiger partial charge on any atom is -0.389 e. The second-order valence-corrected chi connectivity index (χ2v) is 4.98. The first-order valence-electron chi connectivity index (χ1n) is 6.44. The van der Waals surface area contributed by atoms with Crippen LogP contribution in [0.4, 0.5) is 13.2 Å². The van der Waals surface area contributed by atoms with Crippen molar-refractivity contribution in [1.82, 2.24) is 5.32 Å². The zero-order valence-corrected chi connectivity index (χ0v) is 10.8. The molecule has 0 atom stereocenters. The van der Waals surface area contributed by atoms with Crippen LogP contribution >= 0.6 is 0 Å². The van der Waals surface area contributed by atoms with Gasteiger partial charge in [-0.1, -0.05) is 12.8 Å². The van der Waals surface area contributed by atoms with Gasteiger partial charge < -0.3 is 15.2 Å². The van der Waals surface area contributed by atoms with E-state index in [0.29, 0.717) is 19.3 Å². The van der Waals surface area contributed by atoms with Gasteiger partial charge >= 0.3 is 6.18 Å². The van der Waals surface area contributed by atoms with E-state index < -0.39 is 18.4 Å². The number of carbonyl (C=O) groups is 1. The van der Waals surface area contributed by atoms with Gasteiger partial charge in [-0.3, -0.25) is 4.79 Å². The molecule has 2 N–H and O–H groups in total. The molecule has 0 spiro atoms. The monoisotopic (exact) mass is 283 g/mol. The summed E-state index contributed by atoms with van der Waals surface area (Å²) in [5.74, 6) is -0.264. The van der Waals surface area contributed by atoms with Gasteiger partial charge in [0.15, 0.2) is 0 Å². The molecule has 0 bridgehead atoms. The summed E-state index contributed by atoms with van der Waals surface area (Å²) in [6, 6.07) is 0. The average molecular weight is 283 g/mol. The second kappa shape index (κ2) is 7.09. The Morgan fingerprint density at radius 3 is 2.53 bits per heavy atom. The average Bonchev–Trinajstić information content (AvgIpc) is 2.68. The molecule has 19 heavy (non-hydrogen) atoms. The topological polar surface area (TPSA) is 58.6 Å². The summed E-state index contributed by atoms with van der Waals surface area (Å²) in [6.45, 7) is -1.06. The Labute approximate surface area is 110 Å². The van der Waals surface area contributed by atoms with E-state index in [9.17, 15) is 23.1 Å². The molecule has 1 amide bonds. The normalized spacial score (nSPS) is 18.5. The summed E-state index contributed by atoms with van der Waals surface area (Å²) < 4.78 is 39.6. The third-order valence-corrected chi connectivity index (χ3v) is 3.08. The van der Waals surface area contributed by atoms with Crippen LogP contribution in [0.5, 0.6) is 0 Å². The first-order valence-corrected chi connectivity index (χ1v) is 6.44. The van der Waals surface area contributed by atoms with Gasteiger partial charge in [0, 0.05) is 13.2 Å². The molecule has 0 saturated heterocycles. The number of ether oxygens (including phenoxy) is 1. The van der Waals surface area contributed by atoms with Crippen molar-refractivity contribution in [3.05, 3.63) is 0 Å². The largest absolute Gasteiger partial charge is 0.411 e. The molecular formula is C12H20F3NO3. The molecule has 0 heterocycles. The minimum absolute atomic E-state index is 0.0515. The summed E-state index contributed by atoms with van der Waals surface area (Å²) in [6.07, 6.45) is -0.806. The number of alkyl halides is 3. The second-order valence-electron chi connectivity index (χ2n) is 4.98. The number of nitrogens with one attached hydrogen (secondary N) is 1. The molecule has 1 aliphatic carbocycles. The van der Waals surface area contributed by atoms with Crippen molar-refractivity contribution in [3.63, 3.8) is 0 Å². The van der Waals surface area contributed by atoms with Crippen molar-refractivity contribution in [2.24, 2.45) is 0 Å². The van der Waals surface area contributed by atoms with Gasteiger partial charge in [0.1, 0.15) is 6.61 Å². The lowest BCUT2D eigenvalue weighted by Crippen LogP contribution is -2.35. The predicted octanol–water partition coefficient (Wildman–Crippen LogP) is 1.77. The zero-order valence-electron chi connectivity index (χ0n) is 10.8. The van der Waals surface area contributed by atoms with E-state index in [-0.39, 0.29) is 25.5 Å². The number of hydrogen-bond donors (Lipinski definition) is 2. The molecule has 0 unspecified atom stereocenters. The van der Waals surface area contributed by atoms with Crippen molar-refractivity contribution < 1.29 is 27.8 Å². The standard InChI is InChI=1S/C12H20F3NO3/c13-12(14,15)9-19-7-3-6-16-10(17)8-11(18)4-1-2-5-11/h18H,1-9H2,(H,16,17). The molecule has 1 aliphatic rings. The number of hydrogen-bond acceptors (Lipinski definition) is 3. The van der Waals surface area contributed by atoms with Crippen molar-refractivity contribution >= 4 is 5.91 Å². The molecule has 0 aromatic rings. The summed E-state index contributed by atoms with van der Waals surface area (Å²) in [4.78, 5) is 11.5. The van der Waals surface area contributed by atoms with Gasteiger partial charge in [-0.05, 0) is 19.3 Å². The van der Waals surface area contributed by atoms with E-state index in [1.807, 2.05) is 0 Å². The molecule has 0 aromatic carbocycles. The predicted molar refractivity (Wildman–Crippen MR) is 62.5 cm³/mol. The molecule has 112 valence electrons. The Bertz CT molecular complexity index is 288. The smallest absolute Gasteiger partial charge is 0.389 e. The summed E-state index contributed by atoms with van der Waals surface area (Å²) in [7, 11) is 0. The molecule has 1 fully saturated rings. The molecule has 4 nitrogen and oxygen atoms in total. The third-order valence-electron chi connectivity index (χ3n) is 3.08. The van der Waals surface area contributed by atoms with Gasteiger partial charge in [0.05, 0.1) is 12.0 Å². The van der Waals surface area contributed by atoms with Crippen LogP contribution in [0.15, 0.2) is 0 Å². The molecule has 0 radical (unpaired) electrons. The van der Waals surface area contributed by atoms with Crippen LogP contribution in [-0.4, -0.2) is 42.5 Å². The number of rotatable bonds is 7. The van der Waals surface area contributed by atoms with Crippen LogP contribution in [0.2, 0.25) is 0 Å². The molecule has 7 heteroatoms. The van der Waals surface area contributed by atoms with Crippen LogP contribution in [0, 0.1) is 0 Å². The first-order chi connectivity index (χ1) is 8.81. The van der Waals surface area contributed by atoms with Crippen LogP contribution in [-0.2, 0) is 9.53 Å². The maximum absolute atomic E-state index is 11.7. The highest BCUT2D eigenvalue weighted by Gasteiger charge is 2.33. The van der Waals surface area contributed by atoms with Crippen molar-refractivity contribution in [1.29, 1.82) is 0 Å². The highest BCUT2D eigenvalue weighted by atomic mass is 19.4. The van der Waals surface area contributed by atoms with E-state index in [2.05, 4.69) is 10.1 Å². The van der Waals surface area contributed by atoms with Crippen LogP contribution in [0.3, 0.4) is 0 Å². The number of aliphatic hydroxyl groups is 1. The number of halogens is 3.